The molecule has 0 spiro atoms. The first-order valence-electron chi connectivity index (χ1n) is 14.9. The van der Waals surface area contributed by atoms with Crippen molar-refractivity contribution in [2.24, 2.45) is 0 Å². The number of furan rings is 1. The zero-order valence-electron chi connectivity index (χ0n) is 26.2. The van der Waals surface area contributed by atoms with Crippen molar-refractivity contribution in [3.8, 4) is 39.8 Å². The van der Waals surface area contributed by atoms with Crippen LogP contribution in [0.5, 0.6) is 11.6 Å². The van der Waals surface area contributed by atoms with Crippen molar-refractivity contribution in [3.63, 3.8) is 0 Å². The van der Waals surface area contributed by atoms with Crippen LogP contribution in [0, 0.1) is 5.82 Å². The van der Waals surface area contributed by atoms with Crippen LogP contribution >= 0.6 is 0 Å². The molecular weight excluding hydrogens is 629 g/mol. The number of aldehydes is 1. The number of halogens is 1. The molecule has 3 aromatic carbocycles. The molecule has 0 aliphatic carbocycles. The van der Waals surface area contributed by atoms with Gasteiger partial charge in [0, 0.05) is 49.0 Å². The lowest BCUT2D eigenvalue weighted by Gasteiger charge is -2.09. The molecular formula is C36H28FN7O5. The van der Waals surface area contributed by atoms with Gasteiger partial charge in [0.15, 0.2) is 6.29 Å². The van der Waals surface area contributed by atoms with Gasteiger partial charge in [-0.3, -0.25) is 24.0 Å². The van der Waals surface area contributed by atoms with Crippen molar-refractivity contribution in [1.29, 1.82) is 0 Å². The van der Waals surface area contributed by atoms with Crippen LogP contribution in [0.25, 0.3) is 39.2 Å². The summed E-state index contributed by atoms with van der Waals surface area (Å²) < 4.78 is 26.3. The van der Waals surface area contributed by atoms with E-state index >= 15 is 0 Å². The SMILES string of the molecule is CNc1ccc(Oc2ncnc3oc(-c4cn[nH]c4)c(-c4cccc(NC(C)=O)c4)c23)cc1.O=Cc1cccn(-c2ccc(F)cc2)c1=O. The Labute approximate surface area is 278 Å². The van der Waals surface area contributed by atoms with E-state index in [1.165, 1.54) is 54.3 Å². The van der Waals surface area contributed by atoms with E-state index < -0.39 is 5.56 Å². The van der Waals surface area contributed by atoms with Gasteiger partial charge in [0.2, 0.25) is 17.5 Å². The molecule has 0 saturated carbocycles. The van der Waals surface area contributed by atoms with E-state index in [-0.39, 0.29) is 17.3 Å². The minimum absolute atomic E-state index is 0.0758. The second-order valence-corrected chi connectivity index (χ2v) is 10.5. The molecule has 1 amide bonds. The number of H-pyrrole nitrogens is 1. The van der Waals surface area contributed by atoms with Crippen LogP contribution < -0.4 is 20.9 Å². The Bertz CT molecular complexity index is 2300. The number of aromatic nitrogens is 5. The Hall–Kier alpha value is -6.89. The highest BCUT2D eigenvalue weighted by Crippen LogP contribution is 2.44. The van der Waals surface area contributed by atoms with E-state index in [0.29, 0.717) is 46.2 Å². The number of fused-ring (bicyclic) bond motifs is 1. The predicted molar refractivity (Wildman–Crippen MR) is 183 cm³/mol. The number of carbonyl (C=O) groups excluding carboxylic acids is 2. The summed E-state index contributed by atoms with van der Waals surface area (Å²) in [4.78, 5) is 42.6. The largest absolute Gasteiger partial charge is 0.438 e. The smallest absolute Gasteiger partial charge is 0.265 e. The van der Waals surface area contributed by atoms with Crippen molar-refractivity contribution >= 4 is 34.7 Å². The molecule has 0 bridgehead atoms. The van der Waals surface area contributed by atoms with E-state index in [1.54, 1.807) is 18.5 Å². The van der Waals surface area contributed by atoms with Gasteiger partial charge in [-0.2, -0.15) is 5.10 Å². The van der Waals surface area contributed by atoms with Gasteiger partial charge in [-0.1, -0.05) is 12.1 Å². The molecule has 0 radical (unpaired) electrons. The number of ether oxygens (including phenoxy) is 1. The highest BCUT2D eigenvalue weighted by atomic mass is 19.1. The number of aromatic amines is 1. The minimum Gasteiger partial charge on any atom is -0.438 e. The van der Waals surface area contributed by atoms with Crippen LogP contribution in [-0.4, -0.2) is 44.0 Å². The van der Waals surface area contributed by atoms with Crippen molar-refractivity contribution in [2.75, 3.05) is 17.7 Å². The predicted octanol–water partition coefficient (Wildman–Crippen LogP) is 6.86. The molecule has 0 aliphatic rings. The first-order valence-corrected chi connectivity index (χ1v) is 14.9. The third kappa shape index (κ3) is 7.10. The van der Waals surface area contributed by atoms with E-state index in [0.717, 1.165) is 22.4 Å². The van der Waals surface area contributed by atoms with Gasteiger partial charge in [-0.15, -0.1) is 0 Å². The summed E-state index contributed by atoms with van der Waals surface area (Å²) in [6.07, 6.45) is 6.84. The van der Waals surface area contributed by atoms with Crippen molar-refractivity contribution in [3.05, 3.63) is 132 Å². The van der Waals surface area contributed by atoms with Gasteiger partial charge in [0.25, 0.3) is 5.56 Å². The molecule has 3 N–H and O–H groups in total. The van der Waals surface area contributed by atoms with Crippen molar-refractivity contribution in [1.82, 2.24) is 24.7 Å². The number of pyridine rings is 1. The highest BCUT2D eigenvalue weighted by molar-refractivity contribution is 6.03. The van der Waals surface area contributed by atoms with Crippen molar-refractivity contribution in [2.45, 2.75) is 6.92 Å². The van der Waals surface area contributed by atoms with Gasteiger partial charge in [0.05, 0.1) is 17.3 Å². The number of hydrogen-bond acceptors (Lipinski definition) is 9. The molecule has 7 rings (SSSR count). The fourth-order valence-corrected chi connectivity index (χ4v) is 5.00. The van der Waals surface area contributed by atoms with Crippen LogP contribution in [-0.2, 0) is 4.79 Å². The molecule has 0 fully saturated rings. The number of carbonyl (C=O) groups is 2. The van der Waals surface area contributed by atoms with E-state index in [4.69, 9.17) is 9.15 Å². The molecule has 0 unspecified atom stereocenters. The number of nitrogens with zero attached hydrogens (tertiary/aromatic N) is 4. The standard InChI is InChI=1S/C24H20N6O3.C12H8FNO2/c1-14(31)30-18-5-3-4-15(10-18)20-21-23(32-19-8-6-17(25-2)7-9-19)26-13-27-24(21)33-22(20)16-11-28-29-12-16;13-10-3-5-11(6-4-10)14-7-1-2-9(8-15)12(14)16/h3-13,25H,1-2H3,(H,28,29)(H,30,31);1-8H. The second kappa shape index (κ2) is 14.3. The molecule has 4 heterocycles. The van der Waals surface area contributed by atoms with Crippen LogP contribution in [0.2, 0.25) is 0 Å². The molecule has 244 valence electrons. The van der Waals surface area contributed by atoms with Gasteiger partial charge in [-0.05, 0) is 78.4 Å². The zero-order valence-corrected chi connectivity index (χ0v) is 26.2. The van der Waals surface area contributed by atoms with Gasteiger partial charge in [-0.25, -0.2) is 14.4 Å². The number of anilines is 2. The van der Waals surface area contributed by atoms with Crippen LogP contribution in [0.1, 0.15) is 17.3 Å². The summed E-state index contributed by atoms with van der Waals surface area (Å²) in [5, 5.41) is 13.4. The summed E-state index contributed by atoms with van der Waals surface area (Å²) in [5.41, 5.74) is 4.49. The van der Waals surface area contributed by atoms with E-state index in [2.05, 4.69) is 30.8 Å². The van der Waals surface area contributed by atoms with E-state index in [1.807, 2.05) is 55.6 Å². The molecule has 12 nitrogen and oxygen atoms in total. The summed E-state index contributed by atoms with van der Waals surface area (Å²) in [6.45, 7) is 1.47. The van der Waals surface area contributed by atoms with Crippen LogP contribution in [0.3, 0.4) is 0 Å². The van der Waals surface area contributed by atoms with E-state index in [9.17, 15) is 18.8 Å². The van der Waals surface area contributed by atoms with Crippen LogP contribution in [0.4, 0.5) is 15.8 Å². The van der Waals surface area contributed by atoms with Gasteiger partial charge < -0.3 is 19.8 Å². The minimum atomic E-state index is -0.413. The molecule has 13 heteroatoms. The number of nitrogens with one attached hydrogen (secondary N) is 3. The summed E-state index contributed by atoms with van der Waals surface area (Å²) in [5.74, 6) is 1.02. The number of hydrogen-bond donors (Lipinski definition) is 3. The molecule has 49 heavy (non-hydrogen) atoms. The summed E-state index contributed by atoms with van der Waals surface area (Å²) in [7, 11) is 1.86. The van der Waals surface area contributed by atoms with Crippen molar-refractivity contribution < 1.29 is 23.1 Å². The monoisotopic (exact) mass is 657 g/mol. The lowest BCUT2D eigenvalue weighted by atomic mass is 10.0. The number of benzene rings is 3. The maximum Gasteiger partial charge on any atom is 0.265 e. The normalized spacial score (nSPS) is 10.6. The first-order chi connectivity index (χ1) is 23.8. The molecule has 0 saturated heterocycles. The quantitative estimate of drug-likeness (QED) is 0.149. The van der Waals surface area contributed by atoms with Crippen LogP contribution in [0.15, 0.2) is 119 Å². The highest BCUT2D eigenvalue weighted by Gasteiger charge is 2.24. The third-order valence-corrected chi connectivity index (χ3v) is 7.25. The fourth-order valence-electron chi connectivity index (χ4n) is 5.00. The second-order valence-electron chi connectivity index (χ2n) is 10.5. The Kier molecular flexibility index (Phi) is 9.33. The average molecular weight is 658 g/mol. The Morgan fingerprint density at radius 1 is 0.980 bits per heavy atom. The maximum absolute atomic E-state index is 12.7. The van der Waals surface area contributed by atoms with Gasteiger partial charge in [0.1, 0.15) is 29.0 Å². The lowest BCUT2D eigenvalue weighted by molar-refractivity contribution is -0.114. The van der Waals surface area contributed by atoms with Gasteiger partial charge >= 0.3 is 0 Å². The summed E-state index contributed by atoms with van der Waals surface area (Å²) >= 11 is 0. The average Bonchev–Trinajstić information content (AvgIpc) is 3.79. The topological polar surface area (TPSA) is 157 Å². The fraction of sp³-hybridized carbons (Fsp3) is 0.0556. The molecule has 7 aromatic rings. The molecule has 0 atom stereocenters. The molecule has 4 aromatic heterocycles. The Morgan fingerprint density at radius 2 is 1.78 bits per heavy atom. The molecule has 0 aliphatic heterocycles. The lowest BCUT2D eigenvalue weighted by Crippen LogP contribution is -2.20. The summed E-state index contributed by atoms with van der Waals surface area (Å²) in [6, 6.07) is 23.5. The zero-order chi connectivity index (χ0) is 34.3. The maximum atomic E-state index is 12.7. The Balaban J connectivity index is 0.000000218. The third-order valence-electron chi connectivity index (χ3n) is 7.25. The Morgan fingerprint density at radius 3 is 2.47 bits per heavy atom. The first kappa shape index (κ1) is 32.1. The number of amides is 1. The number of rotatable bonds is 8.